The Morgan fingerprint density at radius 2 is 1.89 bits per heavy atom. The lowest BCUT2D eigenvalue weighted by molar-refractivity contribution is -0.146. The van der Waals surface area contributed by atoms with E-state index in [1.54, 1.807) is 0 Å². The van der Waals surface area contributed by atoms with Crippen molar-refractivity contribution in [3.05, 3.63) is 47.4 Å². The summed E-state index contributed by atoms with van der Waals surface area (Å²) in [5, 5.41) is 14.5. The summed E-state index contributed by atoms with van der Waals surface area (Å²) in [7, 11) is 0. The van der Waals surface area contributed by atoms with Crippen LogP contribution in [-0.2, 0) is 16.0 Å². The van der Waals surface area contributed by atoms with Gasteiger partial charge in [-0.15, -0.1) is 11.3 Å². The van der Waals surface area contributed by atoms with Gasteiger partial charge >= 0.3 is 5.97 Å². The number of anilines is 1. The molecule has 0 radical (unpaired) electrons. The van der Waals surface area contributed by atoms with Crippen LogP contribution in [0.25, 0.3) is 11.3 Å². The minimum atomic E-state index is -0.928. The van der Waals surface area contributed by atoms with E-state index in [1.165, 1.54) is 29.7 Å². The molecule has 1 aromatic heterocycles. The second kappa shape index (κ2) is 8.95. The van der Waals surface area contributed by atoms with Crippen molar-refractivity contribution in [1.82, 2.24) is 4.98 Å². The predicted molar refractivity (Wildman–Crippen MR) is 108 cm³/mol. The SMILES string of the molecule is CCCCc1ccc(-c2csc(NC(=O)[C@@H]3CC=CC[C@@H]3C(=O)O)n2)cc1. The number of allylic oxidation sites excluding steroid dienone is 2. The highest BCUT2D eigenvalue weighted by Crippen LogP contribution is 2.29. The van der Waals surface area contributed by atoms with Crippen LogP contribution in [0.5, 0.6) is 0 Å². The van der Waals surface area contributed by atoms with Gasteiger partial charge in [0.2, 0.25) is 5.91 Å². The number of aromatic nitrogens is 1. The normalized spacial score (nSPS) is 19.0. The molecule has 0 aliphatic heterocycles. The number of carboxylic acid groups (broad SMARTS) is 1. The number of aliphatic carboxylic acids is 1. The Kier molecular flexibility index (Phi) is 6.40. The number of carbonyl (C=O) groups excluding carboxylic acids is 1. The third kappa shape index (κ3) is 4.83. The highest BCUT2D eigenvalue weighted by molar-refractivity contribution is 7.14. The van der Waals surface area contributed by atoms with E-state index in [9.17, 15) is 14.7 Å². The summed E-state index contributed by atoms with van der Waals surface area (Å²) in [5.74, 6) is -2.44. The number of benzene rings is 1. The summed E-state index contributed by atoms with van der Waals surface area (Å²) in [5.41, 5.74) is 3.14. The molecule has 1 aromatic carbocycles. The molecule has 1 aliphatic carbocycles. The zero-order chi connectivity index (χ0) is 19.2. The van der Waals surface area contributed by atoms with Gasteiger partial charge in [0.05, 0.1) is 17.5 Å². The Balaban J connectivity index is 1.66. The standard InChI is InChI=1S/C21H24N2O3S/c1-2-3-6-14-9-11-15(12-10-14)18-13-27-21(22-18)23-19(24)16-7-4-5-8-17(16)20(25)26/h4-5,9-13,16-17H,2-3,6-8H2,1H3,(H,25,26)(H,22,23,24)/t16-,17+/m1/s1. The molecule has 5 nitrogen and oxygen atoms in total. The Bertz CT molecular complexity index is 826. The summed E-state index contributed by atoms with van der Waals surface area (Å²) in [6, 6.07) is 8.35. The maximum absolute atomic E-state index is 12.5. The highest BCUT2D eigenvalue weighted by atomic mass is 32.1. The van der Waals surface area contributed by atoms with Gasteiger partial charge in [-0.3, -0.25) is 9.59 Å². The molecule has 1 aliphatic rings. The molecular formula is C21H24N2O3S. The number of rotatable bonds is 7. The van der Waals surface area contributed by atoms with E-state index >= 15 is 0 Å². The third-order valence-electron chi connectivity index (χ3n) is 4.89. The number of unbranched alkanes of at least 4 members (excludes halogenated alkanes) is 1. The van der Waals surface area contributed by atoms with Crippen molar-refractivity contribution in [3.8, 4) is 11.3 Å². The van der Waals surface area contributed by atoms with Crippen LogP contribution >= 0.6 is 11.3 Å². The summed E-state index contributed by atoms with van der Waals surface area (Å²) in [4.78, 5) is 28.4. The molecular weight excluding hydrogens is 360 g/mol. The molecule has 3 rings (SSSR count). The van der Waals surface area contributed by atoms with Gasteiger partial charge in [-0.25, -0.2) is 4.98 Å². The van der Waals surface area contributed by atoms with Crippen LogP contribution in [0.4, 0.5) is 5.13 Å². The van der Waals surface area contributed by atoms with Crippen molar-refractivity contribution in [2.45, 2.75) is 39.0 Å². The van der Waals surface area contributed by atoms with E-state index in [1.807, 2.05) is 17.5 Å². The average molecular weight is 385 g/mol. The van der Waals surface area contributed by atoms with Crippen LogP contribution in [0.1, 0.15) is 38.2 Å². The molecule has 0 saturated carbocycles. The second-order valence-electron chi connectivity index (χ2n) is 6.82. The zero-order valence-corrected chi connectivity index (χ0v) is 16.2. The number of carbonyl (C=O) groups is 2. The number of amides is 1. The molecule has 0 spiro atoms. The van der Waals surface area contributed by atoms with Gasteiger partial charge in [-0.05, 0) is 31.2 Å². The summed E-state index contributed by atoms with van der Waals surface area (Å²) in [6.07, 6.45) is 7.97. The number of nitrogens with one attached hydrogen (secondary N) is 1. The fourth-order valence-electron chi connectivity index (χ4n) is 3.26. The van der Waals surface area contributed by atoms with E-state index in [0.29, 0.717) is 18.0 Å². The lowest BCUT2D eigenvalue weighted by atomic mass is 9.82. The fourth-order valence-corrected chi connectivity index (χ4v) is 3.98. The van der Waals surface area contributed by atoms with Gasteiger partial charge in [0.1, 0.15) is 0 Å². The Morgan fingerprint density at radius 3 is 2.56 bits per heavy atom. The third-order valence-corrected chi connectivity index (χ3v) is 5.65. The minimum Gasteiger partial charge on any atom is -0.481 e. The van der Waals surface area contributed by atoms with Crippen LogP contribution < -0.4 is 5.32 Å². The van der Waals surface area contributed by atoms with Gasteiger partial charge in [0.25, 0.3) is 0 Å². The molecule has 6 heteroatoms. The number of hydrogen-bond donors (Lipinski definition) is 2. The van der Waals surface area contributed by atoms with E-state index < -0.39 is 17.8 Å². The van der Waals surface area contributed by atoms with Crippen LogP contribution in [0, 0.1) is 11.8 Å². The number of carboxylic acids is 1. The fraction of sp³-hybridized carbons (Fsp3) is 0.381. The average Bonchev–Trinajstić information content (AvgIpc) is 3.15. The first kappa shape index (κ1) is 19.3. The van der Waals surface area contributed by atoms with Crippen molar-refractivity contribution in [3.63, 3.8) is 0 Å². The maximum Gasteiger partial charge on any atom is 0.307 e. The van der Waals surface area contributed by atoms with Crippen molar-refractivity contribution in [1.29, 1.82) is 0 Å². The molecule has 0 fully saturated rings. The van der Waals surface area contributed by atoms with Crippen molar-refractivity contribution >= 4 is 28.3 Å². The van der Waals surface area contributed by atoms with Crippen LogP contribution in [-0.4, -0.2) is 22.0 Å². The largest absolute Gasteiger partial charge is 0.481 e. The number of nitrogens with zero attached hydrogens (tertiary/aromatic N) is 1. The molecule has 1 heterocycles. The first-order chi connectivity index (χ1) is 13.1. The number of hydrogen-bond acceptors (Lipinski definition) is 4. The minimum absolute atomic E-state index is 0.275. The monoisotopic (exact) mass is 384 g/mol. The molecule has 2 atom stereocenters. The predicted octanol–water partition coefficient (Wildman–Crippen LogP) is 4.76. The van der Waals surface area contributed by atoms with Gasteiger partial charge in [0, 0.05) is 10.9 Å². The lowest BCUT2D eigenvalue weighted by Crippen LogP contribution is -2.34. The van der Waals surface area contributed by atoms with Crippen LogP contribution in [0.2, 0.25) is 0 Å². The Hall–Kier alpha value is -2.47. The summed E-state index contributed by atoms with van der Waals surface area (Å²) in [6.45, 7) is 2.18. The van der Waals surface area contributed by atoms with Gasteiger partial charge in [-0.1, -0.05) is 49.8 Å². The summed E-state index contributed by atoms with van der Waals surface area (Å²) < 4.78 is 0. The molecule has 0 bridgehead atoms. The van der Waals surface area contributed by atoms with E-state index in [-0.39, 0.29) is 5.91 Å². The molecule has 1 amide bonds. The molecule has 27 heavy (non-hydrogen) atoms. The Labute approximate surface area is 163 Å². The Morgan fingerprint density at radius 1 is 1.19 bits per heavy atom. The van der Waals surface area contributed by atoms with E-state index in [2.05, 4.69) is 41.5 Å². The maximum atomic E-state index is 12.5. The van der Waals surface area contributed by atoms with Gasteiger partial charge in [0.15, 0.2) is 5.13 Å². The first-order valence-corrected chi connectivity index (χ1v) is 10.2. The van der Waals surface area contributed by atoms with E-state index in [4.69, 9.17) is 0 Å². The van der Waals surface area contributed by atoms with E-state index in [0.717, 1.165) is 17.7 Å². The van der Waals surface area contributed by atoms with Crippen LogP contribution in [0.15, 0.2) is 41.8 Å². The molecule has 0 unspecified atom stereocenters. The number of thiazole rings is 1. The van der Waals surface area contributed by atoms with Gasteiger partial charge in [-0.2, -0.15) is 0 Å². The molecule has 0 saturated heterocycles. The number of aryl methyl sites for hydroxylation is 1. The van der Waals surface area contributed by atoms with Crippen LogP contribution in [0.3, 0.4) is 0 Å². The second-order valence-corrected chi connectivity index (χ2v) is 7.68. The van der Waals surface area contributed by atoms with Gasteiger partial charge < -0.3 is 10.4 Å². The molecule has 2 aromatic rings. The van der Waals surface area contributed by atoms with Crippen molar-refractivity contribution in [2.75, 3.05) is 5.32 Å². The van der Waals surface area contributed by atoms with Crippen molar-refractivity contribution < 1.29 is 14.7 Å². The first-order valence-electron chi connectivity index (χ1n) is 9.32. The lowest BCUT2D eigenvalue weighted by Gasteiger charge is -2.23. The molecule has 2 N–H and O–H groups in total. The van der Waals surface area contributed by atoms with Crippen molar-refractivity contribution in [2.24, 2.45) is 11.8 Å². The summed E-state index contributed by atoms with van der Waals surface area (Å²) >= 11 is 1.36. The molecule has 142 valence electrons. The topological polar surface area (TPSA) is 79.3 Å². The zero-order valence-electron chi connectivity index (χ0n) is 15.4. The smallest absolute Gasteiger partial charge is 0.307 e. The highest BCUT2D eigenvalue weighted by Gasteiger charge is 2.34. The quantitative estimate of drug-likeness (QED) is 0.675.